The number of likely N-dealkylation sites (tertiary alicyclic amines) is 1. The number of hydrogen-bond acceptors (Lipinski definition) is 4. The molecule has 1 aromatic carbocycles. The van der Waals surface area contributed by atoms with Crippen molar-refractivity contribution < 1.29 is 9.59 Å². The first-order valence-corrected chi connectivity index (χ1v) is 11.3. The summed E-state index contributed by atoms with van der Waals surface area (Å²) in [5.74, 6) is 0.867. The zero-order valence-electron chi connectivity index (χ0n) is 18.7. The molecule has 1 saturated heterocycles. The molecular weight excluding hydrogens is 388 g/mol. The highest BCUT2D eigenvalue weighted by molar-refractivity contribution is 5.87. The third kappa shape index (κ3) is 4.63. The minimum Gasteiger partial charge on any atom is -0.353 e. The smallest absolute Gasteiger partial charge is 0.228 e. The van der Waals surface area contributed by atoms with Crippen molar-refractivity contribution in [3.05, 3.63) is 48.5 Å². The Hall–Kier alpha value is -2.76. The summed E-state index contributed by atoms with van der Waals surface area (Å²) in [4.78, 5) is 36.8. The molecule has 164 valence electrons. The molecule has 2 amide bonds. The van der Waals surface area contributed by atoms with Gasteiger partial charge in [0.2, 0.25) is 11.8 Å². The Bertz CT molecular complexity index is 946. The first-order chi connectivity index (χ1) is 14.9. The fraction of sp³-hybridized carbons (Fsp3) is 0.520. The molecule has 0 unspecified atom stereocenters. The van der Waals surface area contributed by atoms with Crippen molar-refractivity contribution >= 4 is 11.8 Å². The molecule has 1 saturated carbocycles. The van der Waals surface area contributed by atoms with Crippen molar-refractivity contribution in [1.29, 1.82) is 0 Å². The predicted molar refractivity (Wildman–Crippen MR) is 120 cm³/mol. The number of carbonyl (C=O) groups is 2. The van der Waals surface area contributed by atoms with E-state index < -0.39 is 5.41 Å². The highest BCUT2D eigenvalue weighted by Gasteiger charge is 2.48. The summed E-state index contributed by atoms with van der Waals surface area (Å²) in [5.41, 5.74) is 2.43. The fourth-order valence-corrected chi connectivity index (χ4v) is 4.80. The summed E-state index contributed by atoms with van der Waals surface area (Å²) in [6, 6.07) is 8.19. The van der Waals surface area contributed by atoms with Crippen LogP contribution in [0.2, 0.25) is 0 Å². The number of nitrogens with zero attached hydrogens (tertiary/aromatic N) is 3. The Morgan fingerprint density at radius 3 is 2.61 bits per heavy atom. The van der Waals surface area contributed by atoms with E-state index >= 15 is 0 Å². The van der Waals surface area contributed by atoms with Crippen LogP contribution < -0.4 is 5.32 Å². The lowest BCUT2D eigenvalue weighted by molar-refractivity contribution is -0.142. The summed E-state index contributed by atoms with van der Waals surface area (Å²) >= 11 is 0. The first-order valence-electron chi connectivity index (χ1n) is 11.3. The number of amides is 2. The second-order valence-corrected chi connectivity index (χ2v) is 9.55. The van der Waals surface area contributed by atoms with Crippen LogP contribution in [-0.2, 0) is 16.0 Å². The van der Waals surface area contributed by atoms with Crippen LogP contribution in [-0.4, -0.2) is 45.8 Å². The Labute approximate surface area is 184 Å². The van der Waals surface area contributed by atoms with Gasteiger partial charge in [-0.3, -0.25) is 9.59 Å². The molecule has 3 atom stereocenters. The van der Waals surface area contributed by atoms with Gasteiger partial charge in [0.05, 0.1) is 5.41 Å². The molecule has 0 radical (unpaired) electrons. The second kappa shape index (κ2) is 8.77. The first kappa shape index (κ1) is 21.5. The number of benzene rings is 1. The van der Waals surface area contributed by atoms with E-state index in [-0.39, 0.29) is 23.8 Å². The van der Waals surface area contributed by atoms with Gasteiger partial charge in [-0.05, 0) is 56.6 Å². The average molecular weight is 421 g/mol. The zero-order valence-corrected chi connectivity index (χ0v) is 18.7. The Kier molecular flexibility index (Phi) is 6.08. The topological polar surface area (TPSA) is 75.2 Å². The van der Waals surface area contributed by atoms with E-state index in [1.807, 2.05) is 30.9 Å². The van der Waals surface area contributed by atoms with Gasteiger partial charge in [-0.2, -0.15) is 0 Å². The van der Waals surface area contributed by atoms with Crippen LogP contribution in [0, 0.1) is 17.3 Å². The van der Waals surface area contributed by atoms with Gasteiger partial charge in [-0.25, -0.2) is 9.97 Å². The predicted octanol–water partition coefficient (Wildman–Crippen LogP) is 3.48. The third-order valence-electron chi connectivity index (χ3n) is 6.63. The van der Waals surface area contributed by atoms with Gasteiger partial charge >= 0.3 is 0 Å². The highest BCUT2D eigenvalue weighted by atomic mass is 16.2. The number of nitrogens with one attached hydrogen (secondary N) is 1. The van der Waals surface area contributed by atoms with Gasteiger partial charge in [0.25, 0.3) is 0 Å². The molecule has 0 spiro atoms. The van der Waals surface area contributed by atoms with Crippen molar-refractivity contribution in [2.24, 2.45) is 17.3 Å². The molecule has 0 bridgehead atoms. The maximum atomic E-state index is 13.5. The van der Waals surface area contributed by atoms with E-state index in [1.165, 1.54) is 6.33 Å². The van der Waals surface area contributed by atoms with Gasteiger partial charge in [0.15, 0.2) is 0 Å². The van der Waals surface area contributed by atoms with Crippen LogP contribution >= 0.6 is 0 Å². The molecule has 1 N–H and O–H groups in total. The van der Waals surface area contributed by atoms with Crippen LogP contribution in [0.4, 0.5) is 0 Å². The highest BCUT2D eigenvalue weighted by Crippen LogP contribution is 2.42. The van der Waals surface area contributed by atoms with Crippen LogP contribution in [0.25, 0.3) is 11.1 Å². The van der Waals surface area contributed by atoms with E-state index in [0.29, 0.717) is 18.9 Å². The number of hydrogen-bond donors (Lipinski definition) is 1. The van der Waals surface area contributed by atoms with Gasteiger partial charge in [-0.1, -0.05) is 31.2 Å². The van der Waals surface area contributed by atoms with Gasteiger partial charge < -0.3 is 10.2 Å². The molecule has 4 rings (SSSR count). The average Bonchev–Trinajstić information content (AvgIpc) is 3.50. The summed E-state index contributed by atoms with van der Waals surface area (Å²) in [5, 5.41) is 3.14. The molecule has 1 aliphatic heterocycles. The molecule has 31 heavy (non-hydrogen) atoms. The maximum absolute atomic E-state index is 13.5. The van der Waals surface area contributed by atoms with E-state index in [0.717, 1.165) is 42.5 Å². The van der Waals surface area contributed by atoms with Crippen molar-refractivity contribution in [3.63, 3.8) is 0 Å². The fourth-order valence-electron chi connectivity index (χ4n) is 4.80. The second-order valence-electron chi connectivity index (χ2n) is 9.55. The Morgan fingerprint density at radius 1 is 1.23 bits per heavy atom. The molecule has 2 aromatic rings. The van der Waals surface area contributed by atoms with Crippen LogP contribution in [0.5, 0.6) is 0 Å². The molecule has 1 aliphatic carbocycles. The summed E-state index contributed by atoms with van der Waals surface area (Å²) in [7, 11) is 0. The normalized spacial score (nSPS) is 25.4. The van der Waals surface area contributed by atoms with Crippen LogP contribution in [0.15, 0.2) is 43.0 Å². The molecule has 2 aliphatic rings. The quantitative estimate of drug-likeness (QED) is 0.776. The molecular formula is C25H32N4O2. The minimum atomic E-state index is -0.637. The summed E-state index contributed by atoms with van der Waals surface area (Å²) < 4.78 is 0. The van der Waals surface area contributed by atoms with E-state index in [2.05, 4.69) is 34.3 Å². The lowest BCUT2D eigenvalue weighted by Gasteiger charge is -2.42. The van der Waals surface area contributed by atoms with Gasteiger partial charge in [0.1, 0.15) is 6.33 Å². The lowest BCUT2D eigenvalue weighted by Crippen LogP contribution is -2.55. The van der Waals surface area contributed by atoms with Crippen LogP contribution in [0.3, 0.4) is 0 Å². The largest absolute Gasteiger partial charge is 0.353 e. The van der Waals surface area contributed by atoms with E-state index in [4.69, 9.17) is 0 Å². The summed E-state index contributed by atoms with van der Waals surface area (Å²) in [6.07, 6.45) is 8.30. The number of aromatic nitrogens is 2. The molecule has 2 heterocycles. The van der Waals surface area contributed by atoms with Crippen molar-refractivity contribution in [2.75, 3.05) is 13.1 Å². The Morgan fingerprint density at radius 2 is 1.94 bits per heavy atom. The van der Waals surface area contributed by atoms with Crippen molar-refractivity contribution in [1.82, 2.24) is 20.2 Å². The SMILES string of the molecule is CC(C)NC(=O)[C@]1(Cc2ccccc2-c2cncnc2)CCCN(C(=O)[C@@H]2C[C@@H]2C)C1. The Balaban J connectivity index is 1.67. The lowest BCUT2D eigenvalue weighted by atomic mass is 9.73. The third-order valence-corrected chi connectivity index (χ3v) is 6.63. The minimum absolute atomic E-state index is 0.0444. The van der Waals surface area contributed by atoms with Gasteiger partial charge in [-0.15, -0.1) is 0 Å². The van der Waals surface area contributed by atoms with Crippen molar-refractivity contribution in [3.8, 4) is 11.1 Å². The monoisotopic (exact) mass is 420 g/mol. The van der Waals surface area contributed by atoms with Crippen LogP contribution in [0.1, 0.15) is 45.6 Å². The molecule has 6 nitrogen and oxygen atoms in total. The van der Waals surface area contributed by atoms with Crippen molar-refractivity contribution in [2.45, 2.75) is 52.5 Å². The maximum Gasteiger partial charge on any atom is 0.228 e. The standard InChI is InChI=1S/C25H32N4O2/c1-17(2)28-24(31)25(9-6-10-29(15-25)23(30)22-11-18(22)3)12-19-7-4-5-8-21(19)20-13-26-16-27-14-20/h4-5,7-8,13-14,16-18,22H,6,9-12,15H2,1-3H3,(H,28,31)/t18-,22+,25-/m0/s1. The molecule has 6 heteroatoms. The molecule has 2 fully saturated rings. The summed E-state index contributed by atoms with van der Waals surface area (Å²) in [6.45, 7) is 7.32. The number of carbonyl (C=O) groups excluding carboxylic acids is 2. The van der Waals surface area contributed by atoms with E-state index in [1.54, 1.807) is 12.4 Å². The number of rotatable bonds is 6. The number of piperidine rings is 1. The van der Waals surface area contributed by atoms with E-state index in [9.17, 15) is 9.59 Å². The zero-order chi connectivity index (χ0) is 22.0. The molecule has 1 aromatic heterocycles. The van der Waals surface area contributed by atoms with Gasteiger partial charge in [0, 0.05) is 43.0 Å².